The Kier molecular flexibility index (Phi) is 4.99. The summed E-state index contributed by atoms with van der Waals surface area (Å²) in [5.41, 5.74) is 3.62. The van der Waals surface area contributed by atoms with Crippen LogP contribution in [0.1, 0.15) is 23.7 Å². The van der Waals surface area contributed by atoms with Crippen molar-refractivity contribution >= 4 is 28.9 Å². The Hall–Kier alpha value is -3.52. The summed E-state index contributed by atoms with van der Waals surface area (Å²) in [6.45, 7) is 3.13. The first-order chi connectivity index (χ1) is 15.2. The number of rotatable bonds is 4. The van der Waals surface area contributed by atoms with Crippen molar-refractivity contribution in [2.75, 3.05) is 13.2 Å². The summed E-state index contributed by atoms with van der Waals surface area (Å²) in [6.07, 6.45) is 6.94. The van der Waals surface area contributed by atoms with E-state index < -0.39 is 18.1 Å². The number of ketones is 1. The van der Waals surface area contributed by atoms with Crippen LogP contribution in [0.15, 0.2) is 48.6 Å². The molecule has 2 aliphatic rings. The lowest BCUT2D eigenvalue weighted by Gasteiger charge is -2.33. The molecule has 0 bridgehead atoms. The van der Waals surface area contributed by atoms with E-state index in [9.17, 15) is 9.59 Å². The zero-order chi connectivity index (χ0) is 21.4. The van der Waals surface area contributed by atoms with Crippen molar-refractivity contribution in [3.63, 3.8) is 0 Å². The van der Waals surface area contributed by atoms with Gasteiger partial charge in [0.05, 0.1) is 6.61 Å². The van der Waals surface area contributed by atoms with Gasteiger partial charge in [0.25, 0.3) is 0 Å². The highest BCUT2D eigenvalue weighted by molar-refractivity contribution is 6.12. The molecule has 2 unspecified atom stereocenters. The number of allylic oxidation sites excluding steroid dienone is 1. The quantitative estimate of drug-likeness (QED) is 0.395. The number of nitrogens with zero attached hydrogens (tertiary/aromatic N) is 3. The summed E-state index contributed by atoms with van der Waals surface area (Å²) < 4.78 is 11.3. The summed E-state index contributed by atoms with van der Waals surface area (Å²) in [5.74, 6) is -1.78. The third-order valence-electron chi connectivity index (χ3n) is 5.72. The van der Waals surface area contributed by atoms with E-state index in [4.69, 9.17) is 9.47 Å². The topological polar surface area (TPSA) is 97.4 Å². The number of ether oxygens (including phenoxy) is 2. The van der Waals surface area contributed by atoms with Crippen LogP contribution in [0, 0.1) is 5.92 Å². The molecule has 5 rings (SSSR count). The van der Waals surface area contributed by atoms with Crippen molar-refractivity contribution < 1.29 is 19.1 Å². The number of aromatic amines is 1. The van der Waals surface area contributed by atoms with Crippen molar-refractivity contribution in [3.05, 3.63) is 65.4 Å². The summed E-state index contributed by atoms with van der Waals surface area (Å²) in [6, 6.07) is 7.65. The predicted octanol–water partition coefficient (Wildman–Crippen LogP) is 2.46. The number of hydrogen-bond acceptors (Lipinski definition) is 7. The molecule has 2 atom stereocenters. The van der Waals surface area contributed by atoms with E-state index in [0.717, 1.165) is 34.3 Å². The standard InChI is InChI=1S/C23H22N4O4/c1-2-30-23(29)19-20(28)18(11-15-12-26-21-16(15)6-4-9-25-21)31-22(19)27-10-7-17-14(13-27)5-3-8-24-17/h3-6,8-9,11-12,19,22H,2,7,10,13H2,1H3,(H,25,26)/b18-11-. The van der Waals surface area contributed by atoms with Gasteiger partial charge in [-0.2, -0.15) is 0 Å². The fourth-order valence-corrected chi connectivity index (χ4v) is 4.23. The Labute approximate surface area is 178 Å². The Bertz CT molecular complexity index is 1190. The van der Waals surface area contributed by atoms with Crippen LogP contribution >= 0.6 is 0 Å². The highest BCUT2D eigenvalue weighted by atomic mass is 16.5. The van der Waals surface area contributed by atoms with Crippen LogP contribution < -0.4 is 0 Å². The SMILES string of the molecule is CCOC(=O)C1C(=O)/C(=C/c2c[nH]c3ncccc23)OC1N1CCc2ncccc2C1. The number of aromatic nitrogens is 3. The van der Waals surface area contributed by atoms with Crippen LogP contribution in [-0.4, -0.2) is 51.0 Å². The normalized spacial score (nSPS) is 22.5. The molecule has 3 aromatic heterocycles. The van der Waals surface area contributed by atoms with Gasteiger partial charge in [-0.05, 0) is 36.8 Å². The van der Waals surface area contributed by atoms with Crippen LogP contribution in [0.2, 0.25) is 0 Å². The van der Waals surface area contributed by atoms with Gasteiger partial charge in [0, 0.05) is 54.7 Å². The second-order valence-electron chi connectivity index (χ2n) is 7.58. The molecule has 0 amide bonds. The molecule has 1 saturated heterocycles. The van der Waals surface area contributed by atoms with E-state index in [0.29, 0.717) is 13.1 Å². The summed E-state index contributed by atoms with van der Waals surface area (Å²) in [7, 11) is 0. The number of hydrogen-bond donors (Lipinski definition) is 1. The minimum Gasteiger partial charge on any atom is -0.470 e. The minimum absolute atomic E-state index is 0.157. The van der Waals surface area contributed by atoms with Crippen LogP contribution in [0.3, 0.4) is 0 Å². The number of H-pyrrole nitrogens is 1. The molecule has 5 heterocycles. The molecule has 0 saturated carbocycles. The first-order valence-electron chi connectivity index (χ1n) is 10.3. The van der Waals surface area contributed by atoms with Gasteiger partial charge in [-0.3, -0.25) is 19.5 Å². The maximum absolute atomic E-state index is 13.2. The molecule has 8 heteroatoms. The van der Waals surface area contributed by atoms with Crippen LogP contribution in [0.25, 0.3) is 17.1 Å². The van der Waals surface area contributed by atoms with Gasteiger partial charge in [-0.15, -0.1) is 0 Å². The molecule has 1 N–H and O–H groups in total. The maximum atomic E-state index is 13.2. The van der Waals surface area contributed by atoms with Crippen molar-refractivity contribution in [2.24, 2.45) is 5.92 Å². The molecule has 158 valence electrons. The lowest BCUT2D eigenvalue weighted by atomic mass is 9.99. The molecular formula is C23H22N4O4. The van der Waals surface area contributed by atoms with E-state index in [1.807, 2.05) is 29.2 Å². The summed E-state index contributed by atoms with van der Waals surface area (Å²) in [5, 5.41) is 0.875. The molecule has 3 aromatic rings. The number of nitrogens with one attached hydrogen (secondary N) is 1. The van der Waals surface area contributed by atoms with Crippen molar-refractivity contribution in [1.82, 2.24) is 19.9 Å². The molecule has 8 nitrogen and oxygen atoms in total. The highest BCUT2D eigenvalue weighted by Crippen LogP contribution is 2.34. The monoisotopic (exact) mass is 418 g/mol. The Morgan fingerprint density at radius 1 is 1.32 bits per heavy atom. The molecule has 0 aromatic carbocycles. The zero-order valence-electron chi connectivity index (χ0n) is 17.1. The number of fused-ring (bicyclic) bond motifs is 2. The molecular weight excluding hydrogens is 396 g/mol. The summed E-state index contributed by atoms with van der Waals surface area (Å²) in [4.78, 5) is 39.7. The maximum Gasteiger partial charge on any atom is 0.322 e. The van der Waals surface area contributed by atoms with Crippen molar-refractivity contribution in [3.8, 4) is 0 Å². The second-order valence-corrected chi connectivity index (χ2v) is 7.58. The van der Waals surface area contributed by atoms with E-state index in [2.05, 4.69) is 15.0 Å². The van der Waals surface area contributed by atoms with Crippen LogP contribution in [-0.2, 0) is 32.0 Å². The van der Waals surface area contributed by atoms with Gasteiger partial charge in [-0.25, -0.2) is 4.98 Å². The minimum atomic E-state index is -1.02. The third kappa shape index (κ3) is 3.48. The predicted molar refractivity (Wildman–Crippen MR) is 112 cm³/mol. The second kappa shape index (κ2) is 7.96. The van der Waals surface area contributed by atoms with Gasteiger partial charge in [0.1, 0.15) is 5.65 Å². The van der Waals surface area contributed by atoms with Crippen molar-refractivity contribution in [2.45, 2.75) is 26.1 Å². The number of Topliss-reactive ketones (excluding diaryl/α,β-unsaturated/α-hetero) is 1. The van der Waals surface area contributed by atoms with Crippen LogP contribution in [0.5, 0.6) is 0 Å². The number of carbonyl (C=O) groups is 2. The molecule has 31 heavy (non-hydrogen) atoms. The molecule has 0 aliphatic carbocycles. The van der Waals surface area contributed by atoms with Gasteiger partial charge < -0.3 is 14.5 Å². The number of esters is 1. The molecule has 2 aliphatic heterocycles. The largest absolute Gasteiger partial charge is 0.470 e. The van der Waals surface area contributed by atoms with Crippen molar-refractivity contribution in [1.29, 1.82) is 0 Å². The van der Waals surface area contributed by atoms with E-state index in [1.165, 1.54) is 0 Å². The van der Waals surface area contributed by atoms with Gasteiger partial charge in [0.2, 0.25) is 5.78 Å². The van der Waals surface area contributed by atoms with Gasteiger partial charge in [-0.1, -0.05) is 6.07 Å². The highest BCUT2D eigenvalue weighted by Gasteiger charge is 2.49. The van der Waals surface area contributed by atoms with E-state index in [1.54, 1.807) is 31.6 Å². The third-order valence-corrected chi connectivity index (χ3v) is 5.72. The Morgan fingerprint density at radius 2 is 2.16 bits per heavy atom. The fraction of sp³-hybridized carbons (Fsp3) is 0.304. The molecule has 0 radical (unpaired) electrons. The van der Waals surface area contributed by atoms with Gasteiger partial charge >= 0.3 is 5.97 Å². The lowest BCUT2D eigenvalue weighted by molar-refractivity contribution is -0.156. The first kappa shape index (κ1) is 19.4. The van der Waals surface area contributed by atoms with E-state index in [-0.39, 0.29) is 18.1 Å². The summed E-state index contributed by atoms with van der Waals surface area (Å²) >= 11 is 0. The Morgan fingerprint density at radius 3 is 3.03 bits per heavy atom. The average Bonchev–Trinajstić information content (AvgIpc) is 3.35. The fourth-order valence-electron chi connectivity index (χ4n) is 4.23. The molecule has 0 spiro atoms. The lowest BCUT2D eigenvalue weighted by Crippen LogP contribution is -2.46. The van der Waals surface area contributed by atoms with Gasteiger partial charge in [0.15, 0.2) is 17.9 Å². The van der Waals surface area contributed by atoms with Crippen LogP contribution in [0.4, 0.5) is 0 Å². The number of carbonyl (C=O) groups excluding carboxylic acids is 2. The van der Waals surface area contributed by atoms with E-state index >= 15 is 0 Å². The zero-order valence-corrected chi connectivity index (χ0v) is 17.1. The first-order valence-corrected chi connectivity index (χ1v) is 10.3. The Balaban J connectivity index is 1.48. The number of pyridine rings is 2. The smallest absolute Gasteiger partial charge is 0.322 e. The molecule has 1 fully saturated rings. The average molecular weight is 418 g/mol.